The highest BCUT2D eigenvalue weighted by atomic mass is 16.8. The van der Waals surface area contributed by atoms with Gasteiger partial charge in [-0.25, -0.2) is 15.0 Å². The molecule has 0 saturated carbocycles. The summed E-state index contributed by atoms with van der Waals surface area (Å²) in [6, 6.07) is 9.02. The first-order valence-electron chi connectivity index (χ1n) is 13.4. The third-order valence-electron chi connectivity index (χ3n) is 8.33. The Labute approximate surface area is 220 Å². The molecule has 38 heavy (non-hydrogen) atoms. The summed E-state index contributed by atoms with van der Waals surface area (Å²) in [5.74, 6) is -0.620. The van der Waals surface area contributed by atoms with Gasteiger partial charge in [-0.1, -0.05) is 24.6 Å². The molecule has 6 heterocycles. The Bertz CT molecular complexity index is 1340. The Morgan fingerprint density at radius 1 is 1.11 bits per heavy atom. The number of hydrogen-bond donors (Lipinski definition) is 2. The van der Waals surface area contributed by atoms with E-state index in [-0.39, 0.29) is 29.8 Å². The second-order valence-electron chi connectivity index (χ2n) is 11.2. The van der Waals surface area contributed by atoms with Gasteiger partial charge in [0.1, 0.15) is 24.6 Å². The minimum atomic E-state index is -0.715. The van der Waals surface area contributed by atoms with E-state index in [9.17, 15) is 4.79 Å². The number of nitrogens with one attached hydrogen (secondary N) is 2. The van der Waals surface area contributed by atoms with Crippen LogP contribution in [0.3, 0.4) is 0 Å². The Balaban J connectivity index is 1.17. The lowest BCUT2D eigenvalue weighted by Crippen LogP contribution is -2.71. The van der Waals surface area contributed by atoms with Crippen LogP contribution in [0.4, 0.5) is 5.82 Å². The molecule has 0 unspecified atom stereocenters. The molecular weight excluding hydrogens is 486 g/mol. The summed E-state index contributed by atoms with van der Waals surface area (Å²) in [5, 5.41) is 6.35. The van der Waals surface area contributed by atoms with Crippen molar-refractivity contribution >= 4 is 22.9 Å². The number of benzene rings is 1. The van der Waals surface area contributed by atoms with Crippen LogP contribution in [0.15, 0.2) is 43.0 Å². The van der Waals surface area contributed by atoms with Crippen LogP contribution in [0.5, 0.6) is 0 Å². The van der Waals surface area contributed by atoms with E-state index in [4.69, 9.17) is 14.2 Å². The lowest BCUT2D eigenvalue weighted by molar-refractivity contribution is -0.200. The van der Waals surface area contributed by atoms with E-state index in [2.05, 4.69) is 30.5 Å². The first-order valence-corrected chi connectivity index (χ1v) is 13.4. The third-order valence-corrected chi connectivity index (χ3v) is 8.33. The quantitative estimate of drug-likeness (QED) is 0.524. The van der Waals surface area contributed by atoms with Gasteiger partial charge in [-0.15, -0.1) is 0 Å². The number of aromatic nitrogens is 4. The highest BCUT2D eigenvalue weighted by Crippen LogP contribution is 2.45. The van der Waals surface area contributed by atoms with E-state index >= 15 is 0 Å². The molecule has 200 valence electrons. The fourth-order valence-corrected chi connectivity index (χ4v) is 6.40. The molecule has 4 aliphatic heterocycles. The lowest BCUT2D eigenvalue weighted by atomic mass is 9.81. The standard InChI is InChI=1S/C27H33N7O4/c1-26(2)37-20-18(12-33-11-7-6-10-27(33)13-28-14-27)36-25(21(20)38-26)34-16-31-19-22(29-15-30-23(19)34)32-24(35)17-8-4-3-5-9-17/h3-5,8-9,15-16,18,20-21,25,28H,6-7,10-14H2,1-2H3,(H,29,30,32,35)/t18-,20-,21-,25-/m1/s1. The number of nitrogens with zero attached hydrogens (tertiary/aromatic N) is 5. The van der Waals surface area contributed by atoms with Crippen LogP contribution < -0.4 is 10.6 Å². The Morgan fingerprint density at radius 3 is 2.71 bits per heavy atom. The van der Waals surface area contributed by atoms with Crippen LogP contribution in [-0.4, -0.2) is 86.1 Å². The van der Waals surface area contributed by atoms with Gasteiger partial charge in [-0.3, -0.25) is 14.3 Å². The number of carbonyl (C=O) groups is 1. The Morgan fingerprint density at radius 2 is 1.92 bits per heavy atom. The minimum absolute atomic E-state index is 0.154. The maximum atomic E-state index is 12.8. The average molecular weight is 520 g/mol. The van der Waals surface area contributed by atoms with Crippen molar-refractivity contribution in [3.63, 3.8) is 0 Å². The van der Waals surface area contributed by atoms with Crippen molar-refractivity contribution in [2.75, 3.05) is 31.5 Å². The molecule has 0 bridgehead atoms. The minimum Gasteiger partial charge on any atom is -0.348 e. The van der Waals surface area contributed by atoms with Crippen LogP contribution in [-0.2, 0) is 14.2 Å². The van der Waals surface area contributed by atoms with Crippen LogP contribution in [0.25, 0.3) is 11.2 Å². The monoisotopic (exact) mass is 519 g/mol. The number of amides is 1. The summed E-state index contributed by atoms with van der Waals surface area (Å²) < 4.78 is 21.4. The number of ether oxygens (including phenoxy) is 3. The van der Waals surface area contributed by atoms with E-state index in [1.807, 2.05) is 36.6 Å². The normalized spacial score (nSPS) is 29.8. The van der Waals surface area contributed by atoms with Crippen LogP contribution >= 0.6 is 0 Å². The highest BCUT2D eigenvalue weighted by Gasteiger charge is 2.57. The zero-order valence-electron chi connectivity index (χ0n) is 21.7. The zero-order valence-corrected chi connectivity index (χ0v) is 21.7. The summed E-state index contributed by atoms with van der Waals surface area (Å²) in [6.45, 7) is 7.81. The van der Waals surface area contributed by atoms with E-state index in [0.29, 0.717) is 22.5 Å². The number of likely N-dealkylation sites (tertiary alicyclic amines) is 1. The second-order valence-corrected chi connectivity index (χ2v) is 11.2. The van der Waals surface area contributed by atoms with Crippen molar-refractivity contribution < 1.29 is 19.0 Å². The summed E-state index contributed by atoms with van der Waals surface area (Å²) in [4.78, 5) is 28.8. The molecule has 2 N–H and O–H groups in total. The number of anilines is 1. The fourth-order valence-electron chi connectivity index (χ4n) is 6.40. The predicted octanol–water partition coefficient (Wildman–Crippen LogP) is 2.32. The number of imidazole rings is 1. The van der Waals surface area contributed by atoms with Crippen molar-refractivity contribution in [1.82, 2.24) is 29.7 Å². The van der Waals surface area contributed by atoms with Gasteiger partial charge in [0.2, 0.25) is 0 Å². The molecule has 4 atom stereocenters. The number of carbonyl (C=O) groups excluding carboxylic acids is 1. The molecule has 2 aromatic heterocycles. The number of fused-ring (bicyclic) bond motifs is 2. The maximum Gasteiger partial charge on any atom is 0.256 e. The summed E-state index contributed by atoms with van der Waals surface area (Å²) in [7, 11) is 0. The van der Waals surface area contributed by atoms with Crippen molar-refractivity contribution in [2.45, 2.75) is 69.0 Å². The molecule has 4 aliphatic rings. The maximum absolute atomic E-state index is 12.8. The van der Waals surface area contributed by atoms with Gasteiger partial charge < -0.3 is 24.8 Å². The highest BCUT2D eigenvalue weighted by molar-refractivity contribution is 6.06. The lowest BCUT2D eigenvalue weighted by Gasteiger charge is -2.54. The van der Waals surface area contributed by atoms with Crippen molar-refractivity contribution in [2.24, 2.45) is 0 Å². The van der Waals surface area contributed by atoms with Gasteiger partial charge in [0.15, 0.2) is 29.0 Å². The number of rotatable bonds is 5. The molecule has 11 heteroatoms. The molecule has 4 fully saturated rings. The van der Waals surface area contributed by atoms with Crippen molar-refractivity contribution in [3.05, 3.63) is 48.5 Å². The molecular formula is C27H33N7O4. The van der Waals surface area contributed by atoms with Crippen molar-refractivity contribution in [1.29, 1.82) is 0 Å². The number of piperidine rings is 1. The van der Waals surface area contributed by atoms with Gasteiger partial charge in [0.25, 0.3) is 5.91 Å². The second kappa shape index (κ2) is 9.06. The largest absolute Gasteiger partial charge is 0.348 e. The van der Waals surface area contributed by atoms with Gasteiger partial charge in [-0.05, 0) is 45.4 Å². The van der Waals surface area contributed by atoms with Crippen LogP contribution in [0.2, 0.25) is 0 Å². The van der Waals surface area contributed by atoms with E-state index in [1.54, 1.807) is 18.5 Å². The van der Waals surface area contributed by atoms with Gasteiger partial charge in [0.05, 0.1) is 6.33 Å². The molecule has 1 spiro atoms. The van der Waals surface area contributed by atoms with Crippen LogP contribution in [0, 0.1) is 0 Å². The summed E-state index contributed by atoms with van der Waals surface area (Å²) in [6.07, 6.45) is 5.67. The Hall–Kier alpha value is -2.96. The smallest absolute Gasteiger partial charge is 0.256 e. The molecule has 3 aromatic rings. The topological polar surface area (TPSA) is 116 Å². The van der Waals surface area contributed by atoms with Gasteiger partial charge in [-0.2, -0.15) is 0 Å². The first kappa shape index (κ1) is 24.1. The SMILES string of the molecule is CC1(C)O[C@@H]2[C@H](O1)[C@@H](CN1CCCCC13CNC3)O[C@H]2n1cnc2c(NC(=O)c3ccccc3)ncnc21. The molecule has 4 saturated heterocycles. The molecule has 0 aliphatic carbocycles. The number of hydrogen-bond acceptors (Lipinski definition) is 9. The average Bonchev–Trinajstić information content (AvgIpc) is 3.55. The predicted molar refractivity (Wildman–Crippen MR) is 138 cm³/mol. The molecule has 1 aromatic carbocycles. The Kier molecular flexibility index (Phi) is 5.75. The first-order chi connectivity index (χ1) is 18.4. The van der Waals surface area contributed by atoms with Gasteiger partial charge in [0, 0.05) is 30.7 Å². The van der Waals surface area contributed by atoms with E-state index < -0.39 is 12.0 Å². The molecule has 7 rings (SSSR count). The van der Waals surface area contributed by atoms with Crippen LogP contribution in [0.1, 0.15) is 49.7 Å². The van der Waals surface area contributed by atoms with E-state index in [1.165, 1.54) is 25.6 Å². The van der Waals surface area contributed by atoms with Crippen molar-refractivity contribution in [3.8, 4) is 0 Å². The molecule has 11 nitrogen and oxygen atoms in total. The zero-order chi connectivity index (χ0) is 25.9. The van der Waals surface area contributed by atoms with E-state index in [0.717, 1.165) is 26.2 Å². The fraction of sp³-hybridized carbons (Fsp3) is 0.556. The summed E-state index contributed by atoms with van der Waals surface area (Å²) >= 11 is 0. The summed E-state index contributed by atoms with van der Waals surface area (Å²) in [5.41, 5.74) is 1.83. The van der Waals surface area contributed by atoms with Gasteiger partial charge >= 0.3 is 0 Å². The molecule has 0 radical (unpaired) electrons. The third kappa shape index (κ3) is 4.00. The molecule has 1 amide bonds.